The Labute approximate surface area is 131 Å². The summed E-state index contributed by atoms with van der Waals surface area (Å²) in [7, 11) is 0. The van der Waals surface area contributed by atoms with Crippen LogP contribution in [0.4, 0.5) is 5.69 Å². The highest BCUT2D eigenvalue weighted by Crippen LogP contribution is 2.25. The van der Waals surface area contributed by atoms with Gasteiger partial charge in [0.15, 0.2) is 0 Å². The van der Waals surface area contributed by atoms with Crippen LogP contribution >= 0.6 is 11.6 Å². The first-order chi connectivity index (χ1) is 9.91. The van der Waals surface area contributed by atoms with Crippen LogP contribution in [0.3, 0.4) is 0 Å². The first-order valence-corrected chi connectivity index (χ1v) is 8.07. The van der Waals surface area contributed by atoms with E-state index in [1.165, 1.54) is 11.1 Å². The number of nitrogens with one attached hydrogen (secondary N) is 1. The van der Waals surface area contributed by atoms with Crippen molar-refractivity contribution < 1.29 is 0 Å². The van der Waals surface area contributed by atoms with Crippen molar-refractivity contribution in [2.24, 2.45) is 0 Å². The third kappa shape index (κ3) is 3.58. The third-order valence-corrected chi connectivity index (χ3v) is 4.28. The van der Waals surface area contributed by atoms with Gasteiger partial charge < -0.3 is 10.2 Å². The third-order valence-electron chi connectivity index (χ3n) is 3.93. The van der Waals surface area contributed by atoms with Crippen LogP contribution < -0.4 is 15.8 Å². The predicted octanol–water partition coefficient (Wildman–Crippen LogP) is 2.44. The molecule has 1 fully saturated rings. The van der Waals surface area contributed by atoms with Crippen molar-refractivity contribution in [1.29, 1.82) is 0 Å². The molecule has 1 aromatic heterocycles. The monoisotopic (exact) mass is 312 g/mol. The summed E-state index contributed by atoms with van der Waals surface area (Å²) in [5, 5.41) is 8.03. The summed E-state index contributed by atoms with van der Waals surface area (Å²) >= 11 is 6.33. The average Bonchev–Trinajstić information content (AvgIpc) is 2.92. The molecule has 1 N–H and O–H groups in total. The minimum absolute atomic E-state index is 0.00745. The lowest BCUT2D eigenvalue weighted by Crippen LogP contribution is -2.42. The van der Waals surface area contributed by atoms with E-state index in [4.69, 9.17) is 11.6 Å². The molecular weight excluding hydrogens is 288 g/mol. The minimum atomic E-state index is -0.214. The van der Waals surface area contributed by atoms with E-state index in [0.29, 0.717) is 6.04 Å². The van der Waals surface area contributed by atoms with Crippen molar-refractivity contribution in [1.82, 2.24) is 15.1 Å². The number of rotatable bonds is 5. The lowest BCUT2D eigenvalue weighted by molar-refractivity contribution is 0.498. The maximum atomic E-state index is 12.3. The molecule has 1 aliphatic rings. The molecule has 0 amide bonds. The van der Waals surface area contributed by atoms with Crippen molar-refractivity contribution in [2.75, 3.05) is 18.0 Å². The van der Waals surface area contributed by atoms with Crippen LogP contribution in [-0.4, -0.2) is 35.0 Å². The Bertz CT molecular complexity index is 535. The molecule has 21 heavy (non-hydrogen) atoms. The van der Waals surface area contributed by atoms with Gasteiger partial charge in [0.1, 0.15) is 5.02 Å². The standard InChI is InChI=1S/C15H25ClN4O/c1-10(2)19(9-12-6-5-7-17-12)13-8-18-20(11(3)4)15(21)14(13)16/h8,10-12,17H,5-7,9H2,1-4H3. The maximum absolute atomic E-state index is 12.3. The molecule has 0 spiro atoms. The molecule has 0 saturated carbocycles. The van der Waals surface area contributed by atoms with Crippen LogP contribution in [0.2, 0.25) is 5.02 Å². The van der Waals surface area contributed by atoms with Gasteiger partial charge in [-0.05, 0) is 47.1 Å². The van der Waals surface area contributed by atoms with Gasteiger partial charge in [-0.25, -0.2) is 4.68 Å². The molecule has 1 aliphatic heterocycles. The van der Waals surface area contributed by atoms with E-state index in [9.17, 15) is 4.79 Å². The Hall–Kier alpha value is -1.07. The number of anilines is 1. The van der Waals surface area contributed by atoms with Gasteiger partial charge in [0, 0.05) is 18.6 Å². The van der Waals surface area contributed by atoms with Crippen LogP contribution in [0.5, 0.6) is 0 Å². The van der Waals surface area contributed by atoms with Crippen molar-refractivity contribution in [3.63, 3.8) is 0 Å². The number of aromatic nitrogens is 2. The smallest absolute Gasteiger partial charge is 0.287 e. The van der Waals surface area contributed by atoms with Crippen LogP contribution in [0.1, 0.15) is 46.6 Å². The second kappa shape index (κ2) is 6.79. The van der Waals surface area contributed by atoms with E-state index >= 15 is 0 Å². The SMILES string of the molecule is CC(C)N(CC1CCCN1)c1cnn(C(C)C)c(=O)c1Cl. The molecule has 0 bridgehead atoms. The van der Waals surface area contributed by atoms with Crippen molar-refractivity contribution in [3.05, 3.63) is 21.6 Å². The van der Waals surface area contributed by atoms with E-state index in [2.05, 4.69) is 29.2 Å². The Kier molecular flexibility index (Phi) is 5.27. The van der Waals surface area contributed by atoms with E-state index < -0.39 is 0 Å². The van der Waals surface area contributed by atoms with E-state index in [-0.39, 0.29) is 22.7 Å². The van der Waals surface area contributed by atoms with Crippen LogP contribution in [0.15, 0.2) is 11.0 Å². The molecule has 1 aromatic rings. The van der Waals surface area contributed by atoms with Gasteiger partial charge in [-0.1, -0.05) is 11.6 Å². The van der Waals surface area contributed by atoms with Gasteiger partial charge in [0.05, 0.1) is 17.9 Å². The van der Waals surface area contributed by atoms with E-state index in [1.807, 2.05) is 13.8 Å². The summed E-state index contributed by atoms with van der Waals surface area (Å²) in [5.74, 6) is 0. The lowest BCUT2D eigenvalue weighted by Gasteiger charge is -2.32. The zero-order valence-corrected chi connectivity index (χ0v) is 14.0. The second-order valence-electron chi connectivity index (χ2n) is 6.23. The number of halogens is 1. The molecule has 1 atom stereocenters. The Balaban J connectivity index is 2.32. The van der Waals surface area contributed by atoms with Gasteiger partial charge in [0.2, 0.25) is 0 Å². The summed E-state index contributed by atoms with van der Waals surface area (Å²) in [6, 6.07) is 0.727. The highest BCUT2D eigenvalue weighted by Gasteiger charge is 2.23. The van der Waals surface area contributed by atoms with Crippen LogP contribution in [-0.2, 0) is 0 Å². The molecule has 0 radical (unpaired) electrons. The van der Waals surface area contributed by atoms with Gasteiger partial charge in [-0.3, -0.25) is 4.79 Å². The minimum Gasteiger partial charge on any atom is -0.365 e. The highest BCUT2D eigenvalue weighted by molar-refractivity contribution is 6.33. The zero-order chi connectivity index (χ0) is 15.6. The van der Waals surface area contributed by atoms with Crippen molar-refractivity contribution in [3.8, 4) is 0 Å². The van der Waals surface area contributed by atoms with Gasteiger partial charge in [0.25, 0.3) is 5.56 Å². The average molecular weight is 313 g/mol. The van der Waals surface area contributed by atoms with E-state index in [1.54, 1.807) is 6.20 Å². The molecular formula is C15H25ClN4O. The Morgan fingerprint density at radius 1 is 1.48 bits per heavy atom. The van der Waals surface area contributed by atoms with Crippen molar-refractivity contribution in [2.45, 2.75) is 58.7 Å². The Morgan fingerprint density at radius 3 is 2.71 bits per heavy atom. The molecule has 1 saturated heterocycles. The highest BCUT2D eigenvalue weighted by atomic mass is 35.5. The fourth-order valence-corrected chi connectivity index (χ4v) is 2.99. The maximum Gasteiger partial charge on any atom is 0.287 e. The predicted molar refractivity (Wildman–Crippen MR) is 87.4 cm³/mol. The van der Waals surface area contributed by atoms with Gasteiger partial charge >= 0.3 is 0 Å². The fourth-order valence-electron chi connectivity index (χ4n) is 2.74. The van der Waals surface area contributed by atoms with E-state index in [0.717, 1.165) is 25.2 Å². The molecule has 6 heteroatoms. The van der Waals surface area contributed by atoms with Gasteiger partial charge in [-0.2, -0.15) is 5.10 Å². The van der Waals surface area contributed by atoms with Crippen LogP contribution in [0, 0.1) is 0 Å². The van der Waals surface area contributed by atoms with Crippen molar-refractivity contribution >= 4 is 17.3 Å². The second-order valence-corrected chi connectivity index (χ2v) is 6.60. The molecule has 1 unspecified atom stereocenters. The largest absolute Gasteiger partial charge is 0.365 e. The molecule has 118 valence electrons. The summed E-state index contributed by atoms with van der Waals surface area (Å²) in [6.07, 6.45) is 4.09. The molecule has 2 heterocycles. The number of hydrogen-bond acceptors (Lipinski definition) is 4. The lowest BCUT2D eigenvalue weighted by atomic mass is 10.2. The number of hydrogen-bond donors (Lipinski definition) is 1. The first-order valence-electron chi connectivity index (χ1n) is 7.69. The molecule has 5 nitrogen and oxygen atoms in total. The van der Waals surface area contributed by atoms with Crippen LogP contribution in [0.25, 0.3) is 0 Å². The Morgan fingerprint density at radius 2 is 2.19 bits per heavy atom. The van der Waals surface area contributed by atoms with Gasteiger partial charge in [-0.15, -0.1) is 0 Å². The topological polar surface area (TPSA) is 50.2 Å². The summed E-state index contributed by atoms with van der Waals surface area (Å²) in [4.78, 5) is 14.5. The zero-order valence-electron chi connectivity index (χ0n) is 13.3. The summed E-state index contributed by atoms with van der Waals surface area (Å²) in [6.45, 7) is 9.99. The normalized spacial score (nSPS) is 18.7. The molecule has 0 aromatic carbocycles. The molecule has 0 aliphatic carbocycles. The summed E-state index contributed by atoms with van der Waals surface area (Å²) < 4.78 is 1.43. The number of nitrogens with zero attached hydrogens (tertiary/aromatic N) is 3. The first kappa shape index (κ1) is 16.3. The summed E-state index contributed by atoms with van der Waals surface area (Å²) in [5.41, 5.74) is 0.525. The quantitative estimate of drug-likeness (QED) is 0.907. The molecule has 2 rings (SSSR count). The fraction of sp³-hybridized carbons (Fsp3) is 0.733.